The number of hydrogen-bond acceptors (Lipinski definition) is 4. The Labute approximate surface area is 153 Å². The first kappa shape index (κ1) is 20.5. The van der Waals surface area contributed by atoms with Gasteiger partial charge >= 0.3 is 7.67 Å². The Kier molecular flexibility index (Phi) is 7.29. The summed E-state index contributed by atoms with van der Waals surface area (Å²) in [6.45, 7) is 6.93. The van der Waals surface area contributed by atoms with E-state index in [2.05, 4.69) is 10.2 Å². The Morgan fingerprint density at radius 1 is 1.08 bits per heavy atom. The van der Waals surface area contributed by atoms with Gasteiger partial charge in [-0.15, -0.1) is 0 Å². The zero-order chi connectivity index (χ0) is 19.2. The molecule has 0 aliphatic rings. The van der Waals surface area contributed by atoms with Gasteiger partial charge in [0.1, 0.15) is 0 Å². The second kappa shape index (κ2) is 9.24. The van der Waals surface area contributed by atoms with Gasteiger partial charge in [0.05, 0.1) is 16.4 Å². The van der Waals surface area contributed by atoms with Crippen LogP contribution in [0.15, 0.2) is 36.4 Å². The lowest BCUT2D eigenvalue weighted by atomic mass is 10.00. The van der Waals surface area contributed by atoms with Crippen molar-refractivity contribution in [3.63, 3.8) is 0 Å². The molecule has 2 aromatic carbocycles. The van der Waals surface area contributed by atoms with Crippen molar-refractivity contribution >= 4 is 24.1 Å². The maximum atomic E-state index is 13.1. The third-order valence-electron chi connectivity index (χ3n) is 4.02. The van der Waals surface area contributed by atoms with E-state index < -0.39 is 18.7 Å². The van der Waals surface area contributed by atoms with E-state index >= 15 is 0 Å². The zero-order valence-corrected chi connectivity index (χ0v) is 16.3. The number of nitro groups is 1. The topological polar surface area (TPSA) is 93.5 Å². The van der Waals surface area contributed by atoms with Gasteiger partial charge in [0, 0.05) is 19.2 Å². The van der Waals surface area contributed by atoms with Crippen LogP contribution in [-0.2, 0) is 9.09 Å². The number of fused-ring (bicyclic) bond motifs is 1. The molecule has 142 valence electrons. The molecule has 2 N–H and O–H groups in total. The number of non-ortho nitro benzene ring substituents is 1. The second-order valence-corrected chi connectivity index (χ2v) is 8.04. The highest BCUT2D eigenvalue weighted by molar-refractivity contribution is 7.54. The lowest BCUT2D eigenvalue weighted by Crippen LogP contribution is -2.26. The molecule has 2 aromatic rings. The molecule has 8 heteroatoms. The summed E-state index contributed by atoms with van der Waals surface area (Å²) in [5.41, 5.74) is 0.816. The van der Waals surface area contributed by atoms with Crippen LogP contribution in [0.5, 0.6) is 0 Å². The molecule has 2 rings (SSSR count). The van der Waals surface area contributed by atoms with Crippen LogP contribution in [0.1, 0.15) is 45.3 Å². The van der Waals surface area contributed by atoms with Crippen LogP contribution in [0.3, 0.4) is 0 Å². The van der Waals surface area contributed by atoms with E-state index in [9.17, 15) is 14.7 Å². The summed E-state index contributed by atoms with van der Waals surface area (Å²) in [6.07, 6.45) is 1.16. The molecular formula is C18H26N3O4P. The van der Waals surface area contributed by atoms with Gasteiger partial charge in [0.15, 0.2) is 0 Å². The lowest BCUT2D eigenvalue weighted by Gasteiger charge is -2.25. The first-order chi connectivity index (χ1) is 12.4. The Hall–Kier alpha value is -1.79. The van der Waals surface area contributed by atoms with Gasteiger partial charge in [-0.2, -0.15) is 0 Å². The van der Waals surface area contributed by atoms with Crippen LogP contribution >= 0.6 is 7.67 Å². The number of nitro benzene ring substituents is 1. The predicted molar refractivity (Wildman–Crippen MR) is 104 cm³/mol. The highest BCUT2D eigenvalue weighted by Gasteiger charge is 2.27. The van der Waals surface area contributed by atoms with E-state index in [1.54, 1.807) is 18.2 Å². The number of rotatable bonds is 10. The first-order valence-electron chi connectivity index (χ1n) is 8.86. The molecular weight excluding hydrogens is 353 g/mol. The number of nitrogens with one attached hydrogen (secondary N) is 2. The van der Waals surface area contributed by atoms with Crippen molar-refractivity contribution in [2.24, 2.45) is 0 Å². The summed E-state index contributed by atoms with van der Waals surface area (Å²) < 4.78 is 19.0. The fourth-order valence-corrected chi connectivity index (χ4v) is 4.60. The molecule has 0 bridgehead atoms. The number of benzene rings is 2. The minimum absolute atomic E-state index is 0.0490. The fraction of sp³-hybridized carbons (Fsp3) is 0.444. The average molecular weight is 379 g/mol. The van der Waals surface area contributed by atoms with E-state index in [0.717, 1.165) is 23.8 Å². The predicted octanol–water partition coefficient (Wildman–Crippen LogP) is 4.93. The van der Waals surface area contributed by atoms with Gasteiger partial charge in [-0.1, -0.05) is 32.0 Å². The summed E-state index contributed by atoms with van der Waals surface area (Å²) in [5.74, 6) is 0. The highest BCUT2D eigenvalue weighted by atomic mass is 31.2. The summed E-state index contributed by atoms with van der Waals surface area (Å²) in [5, 5.41) is 18.5. The standard InChI is InChI=1S/C18H26N3O4P/c1-4-12-19-26(24,20-13-5-2)25-14(3)15-10-11-18(21(22)23)17-9-7-6-8-16(15)17/h6-11,14H,4-5,12-13H2,1-3H3,(H2,19,20,24)/t14-/m1/s1. The minimum atomic E-state index is -3.22. The van der Waals surface area contributed by atoms with Gasteiger partial charge in [-0.25, -0.2) is 10.2 Å². The molecule has 0 saturated carbocycles. The third kappa shape index (κ3) is 4.89. The summed E-state index contributed by atoms with van der Waals surface area (Å²) in [4.78, 5) is 10.9. The van der Waals surface area contributed by atoms with Crippen molar-refractivity contribution in [1.82, 2.24) is 10.2 Å². The number of hydrogen-bond donors (Lipinski definition) is 2. The van der Waals surface area contributed by atoms with Crippen molar-refractivity contribution in [3.05, 3.63) is 52.1 Å². The van der Waals surface area contributed by atoms with Crippen molar-refractivity contribution in [2.45, 2.75) is 39.7 Å². The maximum absolute atomic E-state index is 13.1. The van der Waals surface area contributed by atoms with Gasteiger partial charge in [0.2, 0.25) is 0 Å². The summed E-state index contributed by atoms with van der Waals surface area (Å²) >= 11 is 0. The smallest absolute Gasteiger partial charge is 0.298 e. The van der Waals surface area contributed by atoms with Crippen LogP contribution in [0.2, 0.25) is 0 Å². The Morgan fingerprint density at radius 2 is 1.65 bits per heavy atom. The van der Waals surface area contributed by atoms with Gasteiger partial charge < -0.3 is 0 Å². The van der Waals surface area contributed by atoms with Crippen LogP contribution in [0.4, 0.5) is 5.69 Å². The van der Waals surface area contributed by atoms with E-state index in [0.29, 0.717) is 18.5 Å². The monoisotopic (exact) mass is 379 g/mol. The molecule has 0 aromatic heterocycles. The van der Waals surface area contributed by atoms with Crippen molar-refractivity contribution in [1.29, 1.82) is 0 Å². The maximum Gasteiger partial charge on any atom is 0.341 e. The van der Waals surface area contributed by atoms with Crippen LogP contribution in [0, 0.1) is 10.1 Å². The van der Waals surface area contributed by atoms with Crippen LogP contribution in [-0.4, -0.2) is 18.0 Å². The fourth-order valence-electron chi connectivity index (χ4n) is 2.75. The Balaban J connectivity index is 2.36. The van der Waals surface area contributed by atoms with Gasteiger partial charge in [-0.05, 0) is 42.8 Å². The van der Waals surface area contributed by atoms with E-state index in [1.807, 2.05) is 32.9 Å². The Morgan fingerprint density at radius 3 is 2.19 bits per heavy atom. The molecule has 0 unspecified atom stereocenters. The molecule has 0 aliphatic carbocycles. The van der Waals surface area contributed by atoms with E-state index in [4.69, 9.17) is 4.52 Å². The first-order valence-corrected chi connectivity index (χ1v) is 10.5. The lowest BCUT2D eigenvalue weighted by molar-refractivity contribution is -0.383. The van der Waals surface area contributed by atoms with Crippen molar-refractivity contribution < 1.29 is 14.0 Å². The van der Waals surface area contributed by atoms with E-state index in [-0.39, 0.29) is 5.69 Å². The molecule has 0 saturated heterocycles. The zero-order valence-electron chi connectivity index (χ0n) is 15.4. The number of nitrogens with zero attached hydrogens (tertiary/aromatic N) is 1. The molecule has 0 aliphatic heterocycles. The van der Waals surface area contributed by atoms with Crippen molar-refractivity contribution in [3.8, 4) is 0 Å². The minimum Gasteiger partial charge on any atom is -0.298 e. The quantitative estimate of drug-likeness (QED) is 0.345. The van der Waals surface area contributed by atoms with Crippen LogP contribution in [0.25, 0.3) is 10.8 Å². The highest BCUT2D eigenvalue weighted by Crippen LogP contribution is 2.44. The summed E-state index contributed by atoms with van der Waals surface area (Å²) in [7, 11) is -3.22. The molecule has 0 fully saturated rings. The van der Waals surface area contributed by atoms with Crippen molar-refractivity contribution in [2.75, 3.05) is 13.1 Å². The van der Waals surface area contributed by atoms with E-state index in [1.165, 1.54) is 6.07 Å². The largest absolute Gasteiger partial charge is 0.341 e. The van der Waals surface area contributed by atoms with Gasteiger partial charge in [0.25, 0.3) is 5.69 Å². The SMILES string of the molecule is CCCNP(=O)(NCCC)O[C@H](C)c1ccc([N+](=O)[O-])c2ccccc12. The molecule has 0 amide bonds. The molecule has 0 spiro atoms. The van der Waals surface area contributed by atoms with Crippen LogP contribution < -0.4 is 10.2 Å². The average Bonchev–Trinajstić information content (AvgIpc) is 2.63. The molecule has 26 heavy (non-hydrogen) atoms. The van der Waals surface area contributed by atoms with Gasteiger partial charge in [-0.3, -0.25) is 19.2 Å². The third-order valence-corrected chi connectivity index (χ3v) is 5.91. The Bertz CT molecular complexity index is 800. The second-order valence-electron chi connectivity index (χ2n) is 6.09. The summed E-state index contributed by atoms with van der Waals surface area (Å²) in [6, 6.07) is 10.3. The normalized spacial score (nSPS) is 13.0. The molecule has 1 atom stereocenters. The molecule has 0 heterocycles. The molecule has 7 nitrogen and oxygen atoms in total. The molecule has 0 radical (unpaired) electrons.